The number of anilines is 1. The van der Waals surface area contributed by atoms with Crippen LogP contribution in [-0.4, -0.2) is 26.1 Å². The van der Waals surface area contributed by atoms with Crippen molar-refractivity contribution in [3.05, 3.63) is 40.5 Å². The van der Waals surface area contributed by atoms with Gasteiger partial charge in [0.1, 0.15) is 0 Å². The van der Waals surface area contributed by atoms with Crippen molar-refractivity contribution < 1.29 is 9.90 Å². The number of aromatic carboxylic acids is 1. The molecule has 0 unspecified atom stereocenters. The van der Waals surface area contributed by atoms with Crippen LogP contribution in [0.15, 0.2) is 24.3 Å². The molecular formula is C11H11ClN4O2. The Kier molecular flexibility index (Phi) is 3.20. The van der Waals surface area contributed by atoms with E-state index < -0.39 is 5.97 Å². The molecule has 94 valence electrons. The van der Waals surface area contributed by atoms with E-state index in [-0.39, 0.29) is 17.6 Å². The number of aromatic nitrogens is 3. The molecule has 0 fully saturated rings. The third-order valence-electron chi connectivity index (χ3n) is 2.65. The topological polar surface area (TPSA) is 94.0 Å². The number of carbonyl (C=O) groups is 1. The average Bonchev–Trinajstić information content (AvgIpc) is 2.71. The molecule has 6 nitrogen and oxygen atoms in total. The second-order valence-corrected chi connectivity index (χ2v) is 4.24. The summed E-state index contributed by atoms with van der Waals surface area (Å²) in [5.41, 5.74) is 6.37. The van der Waals surface area contributed by atoms with Crippen molar-refractivity contribution in [2.45, 2.75) is 13.0 Å². The Balaban J connectivity index is 2.37. The molecule has 0 aliphatic carbocycles. The summed E-state index contributed by atoms with van der Waals surface area (Å²) in [7, 11) is 0. The summed E-state index contributed by atoms with van der Waals surface area (Å²) >= 11 is 5.80. The van der Waals surface area contributed by atoms with Crippen LogP contribution in [0.1, 0.15) is 29.0 Å². The number of carboxylic acid groups (broad SMARTS) is 1. The van der Waals surface area contributed by atoms with Gasteiger partial charge in [-0.25, -0.2) is 9.48 Å². The fourth-order valence-electron chi connectivity index (χ4n) is 1.62. The Morgan fingerprint density at radius 1 is 1.44 bits per heavy atom. The molecule has 0 saturated carbocycles. The summed E-state index contributed by atoms with van der Waals surface area (Å²) in [4.78, 5) is 10.8. The van der Waals surface area contributed by atoms with Crippen LogP contribution >= 0.6 is 11.6 Å². The number of hydrogen-bond donors (Lipinski definition) is 2. The molecule has 1 aromatic carbocycles. The number of nitrogen functional groups attached to an aromatic ring is 1. The van der Waals surface area contributed by atoms with Crippen LogP contribution in [0.4, 0.5) is 5.82 Å². The maximum absolute atomic E-state index is 10.8. The molecule has 18 heavy (non-hydrogen) atoms. The van der Waals surface area contributed by atoms with Gasteiger partial charge in [-0.3, -0.25) is 0 Å². The van der Waals surface area contributed by atoms with Crippen molar-refractivity contribution >= 4 is 23.4 Å². The van der Waals surface area contributed by atoms with E-state index in [4.69, 9.17) is 22.4 Å². The SMILES string of the molecule is C[C@H](c1ccc(Cl)cc1)n1nnc(C(=O)O)c1N. The molecule has 0 radical (unpaired) electrons. The molecule has 0 bridgehead atoms. The zero-order valence-corrected chi connectivity index (χ0v) is 10.3. The van der Waals surface area contributed by atoms with E-state index in [2.05, 4.69) is 10.3 Å². The molecule has 2 aromatic rings. The lowest BCUT2D eigenvalue weighted by Crippen LogP contribution is -2.12. The highest BCUT2D eigenvalue weighted by molar-refractivity contribution is 6.30. The lowest BCUT2D eigenvalue weighted by Gasteiger charge is -2.13. The molecule has 0 amide bonds. The predicted molar refractivity (Wildman–Crippen MR) is 66.7 cm³/mol. The van der Waals surface area contributed by atoms with Crippen LogP contribution in [0.3, 0.4) is 0 Å². The number of nitrogens with two attached hydrogens (primary N) is 1. The van der Waals surface area contributed by atoms with Crippen LogP contribution in [0.2, 0.25) is 5.02 Å². The van der Waals surface area contributed by atoms with Crippen LogP contribution in [-0.2, 0) is 0 Å². The molecule has 0 aliphatic rings. The highest BCUT2D eigenvalue weighted by atomic mass is 35.5. The summed E-state index contributed by atoms with van der Waals surface area (Å²) < 4.78 is 1.37. The van der Waals surface area contributed by atoms with Crippen molar-refractivity contribution in [3.8, 4) is 0 Å². The van der Waals surface area contributed by atoms with E-state index in [0.717, 1.165) is 5.56 Å². The highest BCUT2D eigenvalue weighted by Crippen LogP contribution is 2.22. The van der Waals surface area contributed by atoms with Crippen molar-refractivity contribution in [1.29, 1.82) is 0 Å². The van der Waals surface area contributed by atoms with Gasteiger partial charge in [0.2, 0.25) is 5.69 Å². The first-order valence-electron chi connectivity index (χ1n) is 5.20. The second kappa shape index (κ2) is 4.66. The second-order valence-electron chi connectivity index (χ2n) is 3.80. The van der Waals surface area contributed by atoms with Gasteiger partial charge in [0.05, 0.1) is 6.04 Å². The summed E-state index contributed by atoms with van der Waals surface area (Å²) in [6, 6.07) is 6.93. The third kappa shape index (κ3) is 2.14. The van der Waals surface area contributed by atoms with Gasteiger partial charge in [0, 0.05) is 5.02 Å². The summed E-state index contributed by atoms with van der Waals surface area (Å²) in [5, 5.41) is 16.8. The lowest BCUT2D eigenvalue weighted by molar-refractivity contribution is 0.0691. The monoisotopic (exact) mass is 266 g/mol. The Hall–Kier alpha value is -2.08. The van der Waals surface area contributed by atoms with Gasteiger partial charge in [0.15, 0.2) is 5.82 Å². The molecule has 1 heterocycles. The minimum atomic E-state index is -1.19. The molecule has 0 aliphatic heterocycles. The van der Waals surface area contributed by atoms with Crippen LogP contribution in [0.5, 0.6) is 0 Å². The summed E-state index contributed by atoms with van der Waals surface area (Å²) in [6.07, 6.45) is 0. The van der Waals surface area contributed by atoms with E-state index in [9.17, 15) is 4.79 Å². The van der Waals surface area contributed by atoms with Gasteiger partial charge in [0.25, 0.3) is 0 Å². The Morgan fingerprint density at radius 3 is 2.56 bits per heavy atom. The van der Waals surface area contributed by atoms with Gasteiger partial charge >= 0.3 is 5.97 Å². The number of benzene rings is 1. The van der Waals surface area contributed by atoms with Gasteiger partial charge in [-0.2, -0.15) is 0 Å². The van der Waals surface area contributed by atoms with E-state index >= 15 is 0 Å². The summed E-state index contributed by atoms with van der Waals surface area (Å²) in [5.74, 6) is -1.16. The first-order valence-corrected chi connectivity index (χ1v) is 5.58. The lowest BCUT2D eigenvalue weighted by atomic mass is 10.1. The minimum Gasteiger partial charge on any atom is -0.476 e. The van der Waals surface area contributed by atoms with Gasteiger partial charge in [-0.15, -0.1) is 5.10 Å². The van der Waals surface area contributed by atoms with Crippen molar-refractivity contribution in [3.63, 3.8) is 0 Å². The zero-order valence-electron chi connectivity index (χ0n) is 9.54. The molecule has 1 atom stereocenters. The maximum Gasteiger partial charge on any atom is 0.360 e. The molecular weight excluding hydrogens is 256 g/mol. The van der Waals surface area contributed by atoms with Gasteiger partial charge in [-0.1, -0.05) is 28.9 Å². The number of nitrogens with zero attached hydrogens (tertiary/aromatic N) is 3. The van der Waals surface area contributed by atoms with Crippen molar-refractivity contribution in [2.75, 3.05) is 5.73 Å². The minimum absolute atomic E-state index is 0.0324. The number of halogens is 1. The maximum atomic E-state index is 10.8. The third-order valence-corrected chi connectivity index (χ3v) is 2.90. The predicted octanol–water partition coefficient (Wildman–Crippen LogP) is 1.82. The normalized spacial score (nSPS) is 12.3. The van der Waals surface area contributed by atoms with Gasteiger partial charge < -0.3 is 10.8 Å². The number of hydrogen-bond acceptors (Lipinski definition) is 4. The quantitative estimate of drug-likeness (QED) is 0.884. The smallest absolute Gasteiger partial charge is 0.360 e. The fourth-order valence-corrected chi connectivity index (χ4v) is 1.75. The van der Waals surface area contributed by atoms with Crippen LogP contribution in [0.25, 0.3) is 0 Å². The molecule has 0 saturated heterocycles. The Labute approximate surface area is 108 Å². The molecule has 2 rings (SSSR count). The van der Waals surface area contributed by atoms with Gasteiger partial charge in [-0.05, 0) is 24.6 Å². The largest absolute Gasteiger partial charge is 0.476 e. The van der Waals surface area contributed by atoms with Crippen LogP contribution in [0, 0.1) is 0 Å². The fraction of sp³-hybridized carbons (Fsp3) is 0.182. The first kappa shape index (κ1) is 12.4. The highest BCUT2D eigenvalue weighted by Gasteiger charge is 2.20. The zero-order chi connectivity index (χ0) is 13.3. The number of rotatable bonds is 3. The van der Waals surface area contributed by atoms with Crippen molar-refractivity contribution in [2.24, 2.45) is 0 Å². The van der Waals surface area contributed by atoms with Crippen molar-refractivity contribution in [1.82, 2.24) is 15.0 Å². The molecule has 3 N–H and O–H groups in total. The van der Waals surface area contributed by atoms with E-state index in [1.165, 1.54) is 4.68 Å². The standard InChI is InChI=1S/C11H11ClN4O2/c1-6(7-2-4-8(12)5-3-7)16-10(13)9(11(17)18)14-15-16/h2-6H,13H2,1H3,(H,17,18)/t6-/m1/s1. The molecule has 0 spiro atoms. The Bertz CT molecular complexity index is 579. The van der Waals surface area contributed by atoms with E-state index in [1.54, 1.807) is 12.1 Å². The molecule has 7 heteroatoms. The summed E-state index contributed by atoms with van der Waals surface area (Å²) in [6.45, 7) is 1.85. The average molecular weight is 267 g/mol. The first-order chi connectivity index (χ1) is 8.50. The molecule has 1 aromatic heterocycles. The Morgan fingerprint density at radius 2 is 2.06 bits per heavy atom. The number of carboxylic acids is 1. The van der Waals surface area contributed by atoms with Crippen LogP contribution < -0.4 is 5.73 Å². The van der Waals surface area contributed by atoms with E-state index in [0.29, 0.717) is 5.02 Å². The van der Waals surface area contributed by atoms with E-state index in [1.807, 2.05) is 19.1 Å².